The molecule has 6 nitrogen and oxygen atoms in total. The fourth-order valence-corrected chi connectivity index (χ4v) is 4.02. The Bertz CT molecular complexity index is 1310. The number of Topliss-reactive ketones (excluding diaryl/α,β-unsaturated/α-hetero) is 1. The smallest absolute Gasteiger partial charge is 0.507 e. The van der Waals surface area contributed by atoms with Crippen molar-refractivity contribution in [2.45, 2.75) is 12.4 Å². The lowest BCUT2D eigenvalue weighted by molar-refractivity contribution is -0.274. The summed E-state index contributed by atoms with van der Waals surface area (Å²) in [6.07, 6.45) is -4.88. The number of ether oxygens (including phenoxy) is 2. The number of aliphatic hydroxyl groups is 1. The monoisotopic (exact) mass is 503 g/mol. The van der Waals surface area contributed by atoms with Crippen molar-refractivity contribution in [1.29, 1.82) is 0 Å². The van der Waals surface area contributed by atoms with Crippen LogP contribution in [0.15, 0.2) is 78.4 Å². The van der Waals surface area contributed by atoms with E-state index in [1.165, 1.54) is 31.4 Å². The van der Waals surface area contributed by atoms with E-state index in [1.54, 1.807) is 36.4 Å². The first kappa shape index (κ1) is 24.2. The van der Waals surface area contributed by atoms with Crippen LogP contribution in [0.5, 0.6) is 11.5 Å². The number of halogens is 4. The zero-order chi connectivity index (χ0) is 25.3. The molecule has 1 heterocycles. The third-order valence-corrected chi connectivity index (χ3v) is 5.67. The normalized spacial score (nSPS) is 17.5. The third-order valence-electron chi connectivity index (χ3n) is 5.34. The van der Waals surface area contributed by atoms with Crippen molar-refractivity contribution >= 4 is 34.7 Å². The number of benzene rings is 3. The first-order valence-corrected chi connectivity index (χ1v) is 10.5. The summed E-state index contributed by atoms with van der Waals surface area (Å²) >= 11 is 6.26. The number of hydrogen-bond donors (Lipinski definition) is 1. The highest BCUT2D eigenvalue weighted by molar-refractivity contribution is 6.52. The first-order chi connectivity index (χ1) is 16.6. The topological polar surface area (TPSA) is 76.1 Å². The van der Waals surface area contributed by atoms with Gasteiger partial charge in [0.1, 0.15) is 17.3 Å². The highest BCUT2D eigenvalue weighted by Crippen LogP contribution is 2.43. The molecule has 0 aliphatic carbocycles. The maximum Gasteiger partial charge on any atom is 0.573 e. The Labute approximate surface area is 202 Å². The van der Waals surface area contributed by atoms with Crippen LogP contribution in [-0.2, 0) is 9.59 Å². The van der Waals surface area contributed by atoms with Gasteiger partial charge in [-0.05, 0) is 48.0 Å². The second-order valence-corrected chi connectivity index (χ2v) is 7.87. The van der Waals surface area contributed by atoms with Crippen LogP contribution in [0.2, 0.25) is 5.02 Å². The number of carbonyl (C=O) groups is 2. The van der Waals surface area contributed by atoms with Crippen LogP contribution in [0.1, 0.15) is 17.2 Å². The average molecular weight is 504 g/mol. The molecule has 1 amide bonds. The summed E-state index contributed by atoms with van der Waals surface area (Å²) in [6.45, 7) is 0. The summed E-state index contributed by atoms with van der Waals surface area (Å²) in [5.41, 5.74) is 0.472. The van der Waals surface area contributed by atoms with Gasteiger partial charge >= 0.3 is 6.36 Å². The van der Waals surface area contributed by atoms with Crippen molar-refractivity contribution in [3.63, 3.8) is 0 Å². The molecular formula is C25H17ClF3NO5. The van der Waals surface area contributed by atoms with Gasteiger partial charge in [-0.25, -0.2) is 0 Å². The summed E-state index contributed by atoms with van der Waals surface area (Å²) in [5.74, 6) is -2.59. The molecule has 35 heavy (non-hydrogen) atoms. The second-order valence-electron chi connectivity index (χ2n) is 7.47. The van der Waals surface area contributed by atoms with Crippen molar-refractivity contribution in [1.82, 2.24) is 0 Å². The molecule has 0 radical (unpaired) electrons. The Morgan fingerprint density at radius 2 is 1.60 bits per heavy atom. The summed E-state index contributed by atoms with van der Waals surface area (Å²) in [7, 11) is 1.42. The van der Waals surface area contributed by atoms with Crippen LogP contribution in [0, 0.1) is 0 Å². The SMILES string of the molecule is COc1ccc(Cl)c(/C(O)=C2\C(=O)C(=O)N(c3ccc(OC(F)(F)F)cc3)C2c2ccccc2)c1. The van der Waals surface area contributed by atoms with Gasteiger partial charge in [-0.3, -0.25) is 14.5 Å². The molecule has 0 saturated carbocycles. The molecule has 3 aromatic rings. The molecule has 1 unspecified atom stereocenters. The fraction of sp³-hybridized carbons (Fsp3) is 0.120. The number of anilines is 1. The standard InChI is InChI=1S/C25H17ClF3NO5/c1-34-17-11-12-19(26)18(13-17)22(31)20-21(14-5-3-2-4-6-14)30(24(33)23(20)32)15-7-9-16(10-8-15)35-25(27,28)29/h2-13,21,31H,1H3/b22-20+. The molecule has 10 heteroatoms. The Hall–Kier alpha value is -3.98. The van der Waals surface area contributed by atoms with Gasteiger partial charge in [0.05, 0.1) is 23.7 Å². The fourth-order valence-electron chi connectivity index (χ4n) is 3.82. The van der Waals surface area contributed by atoms with Gasteiger partial charge in [0.2, 0.25) is 0 Å². The lowest BCUT2D eigenvalue weighted by Crippen LogP contribution is -2.29. The number of methoxy groups -OCH3 is 1. The van der Waals surface area contributed by atoms with Gasteiger partial charge in [0, 0.05) is 11.3 Å². The van der Waals surface area contributed by atoms with Crippen LogP contribution in [0.4, 0.5) is 18.9 Å². The van der Waals surface area contributed by atoms with Crippen molar-refractivity contribution in [3.05, 3.63) is 94.5 Å². The number of carbonyl (C=O) groups excluding carboxylic acids is 2. The van der Waals surface area contributed by atoms with Crippen molar-refractivity contribution < 1.29 is 37.3 Å². The molecule has 4 rings (SSSR count). The highest BCUT2D eigenvalue weighted by Gasteiger charge is 2.47. The molecule has 1 saturated heterocycles. The van der Waals surface area contributed by atoms with E-state index in [-0.39, 0.29) is 21.8 Å². The molecule has 1 aliphatic rings. The molecule has 1 fully saturated rings. The van der Waals surface area contributed by atoms with Crippen LogP contribution in [0.25, 0.3) is 5.76 Å². The average Bonchev–Trinajstić information content (AvgIpc) is 3.09. The lowest BCUT2D eigenvalue weighted by atomic mass is 9.95. The Balaban J connectivity index is 1.87. The minimum Gasteiger partial charge on any atom is -0.507 e. The number of amides is 1. The van der Waals surface area contributed by atoms with E-state index in [1.807, 2.05) is 0 Å². The molecule has 3 aromatic carbocycles. The molecule has 1 aliphatic heterocycles. The third kappa shape index (κ3) is 4.81. The summed E-state index contributed by atoms with van der Waals surface area (Å²) < 4.78 is 46.7. The van der Waals surface area contributed by atoms with Crippen LogP contribution in [-0.4, -0.2) is 30.3 Å². The van der Waals surface area contributed by atoms with E-state index >= 15 is 0 Å². The predicted octanol–water partition coefficient (Wildman–Crippen LogP) is 5.87. The van der Waals surface area contributed by atoms with Gasteiger partial charge < -0.3 is 14.6 Å². The van der Waals surface area contributed by atoms with Gasteiger partial charge in [0.15, 0.2) is 0 Å². The number of hydrogen-bond acceptors (Lipinski definition) is 5. The first-order valence-electron chi connectivity index (χ1n) is 10.2. The molecule has 180 valence electrons. The van der Waals surface area contributed by atoms with E-state index in [2.05, 4.69) is 4.74 Å². The zero-order valence-corrected chi connectivity index (χ0v) is 18.8. The Morgan fingerprint density at radius 1 is 0.971 bits per heavy atom. The molecule has 0 aromatic heterocycles. The molecular weight excluding hydrogens is 487 g/mol. The zero-order valence-electron chi connectivity index (χ0n) is 18.0. The largest absolute Gasteiger partial charge is 0.573 e. The maximum atomic E-state index is 13.2. The number of alkyl halides is 3. The number of rotatable bonds is 5. The van der Waals surface area contributed by atoms with Gasteiger partial charge in [-0.1, -0.05) is 41.9 Å². The lowest BCUT2D eigenvalue weighted by Gasteiger charge is -2.25. The summed E-state index contributed by atoms with van der Waals surface area (Å²) in [5, 5.41) is 11.3. The van der Waals surface area contributed by atoms with E-state index in [0.717, 1.165) is 17.0 Å². The van der Waals surface area contributed by atoms with E-state index < -0.39 is 35.6 Å². The van der Waals surface area contributed by atoms with E-state index in [0.29, 0.717) is 11.3 Å². The number of aliphatic hydroxyl groups excluding tert-OH is 1. The Kier molecular flexibility index (Phi) is 6.45. The predicted molar refractivity (Wildman–Crippen MR) is 122 cm³/mol. The summed E-state index contributed by atoms with van der Waals surface area (Å²) in [4.78, 5) is 27.4. The minimum absolute atomic E-state index is 0.0823. The summed E-state index contributed by atoms with van der Waals surface area (Å²) in [6, 6.07) is 16.3. The number of ketones is 1. The van der Waals surface area contributed by atoms with Gasteiger partial charge in [0.25, 0.3) is 11.7 Å². The van der Waals surface area contributed by atoms with Crippen LogP contribution in [0.3, 0.4) is 0 Å². The van der Waals surface area contributed by atoms with E-state index in [9.17, 15) is 27.9 Å². The molecule has 0 bridgehead atoms. The van der Waals surface area contributed by atoms with Crippen molar-refractivity contribution in [2.75, 3.05) is 12.0 Å². The van der Waals surface area contributed by atoms with Gasteiger partial charge in [-0.15, -0.1) is 13.2 Å². The second kappa shape index (κ2) is 9.34. The maximum absolute atomic E-state index is 13.2. The van der Waals surface area contributed by atoms with Gasteiger partial charge in [-0.2, -0.15) is 0 Å². The van der Waals surface area contributed by atoms with Crippen LogP contribution < -0.4 is 14.4 Å². The van der Waals surface area contributed by atoms with Crippen LogP contribution >= 0.6 is 11.6 Å². The molecule has 1 N–H and O–H groups in total. The Morgan fingerprint density at radius 3 is 2.20 bits per heavy atom. The highest BCUT2D eigenvalue weighted by atomic mass is 35.5. The van der Waals surface area contributed by atoms with Crippen molar-refractivity contribution in [3.8, 4) is 11.5 Å². The quantitative estimate of drug-likeness (QED) is 0.267. The minimum atomic E-state index is -4.88. The molecule has 0 spiro atoms. The number of nitrogens with zero attached hydrogens (tertiary/aromatic N) is 1. The van der Waals surface area contributed by atoms with E-state index in [4.69, 9.17) is 16.3 Å². The molecule has 1 atom stereocenters. The van der Waals surface area contributed by atoms with Crippen molar-refractivity contribution in [2.24, 2.45) is 0 Å².